The predicted octanol–water partition coefficient (Wildman–Crippen LogP) is 3.67. The molecule has 0 aliphatic heterocycles. The Kier molecular flexibility index (Phi) is 3.84. The minimum absolute atomic E-state index is 0.183. The van der Waals surface area contributed by atoms with Gasteiger partial charge in [-0.2, -0.15) is 9.50 Å². The van der Waals surface area contributed by atoms with Crippen LogP contribution in [0, 0.1) is 0 Å². The summed E-state index contributed by atoms with van der Waals surface area (Å²) in [5.41, 5.74) is 1.54. The number of rotatable bonds is 2. The Morgan fingerprint density at radius 1 is 0.958 bits per heavy atom. The van der Waals surface area contributed by atoms with E-state index in [9.17, 15) is 4.79 Å². The van der Waals surface area contributed by atoms with Crippen molar-refractivity contribution in [3.8, 4) is 11.4 Å². The van der Waals surface area contributed by atoms with Crippen molar-refractivity contribution in [2.45, 2.75) is 0 Å². The zero-order valence-electron chi connectivity index (χ0n) is 12.1. The van der Waals surface area contributed by atoms with Gasteiger partial charge in [-0.3, -0.25) is 4.79 Å². The van der Waals surface area contributed by atoms with Crippen LogP contribution in [0.5, 0.6) is 0 Å². The molecule has 0 spiro atoms. The standard InChI is InChI=1S/C17H9Cl2N3OS/c18-12-5-1-10(2-6-12)9-14-16(23)22-17(24-14)20-15(21-22)11-3-7-13(19)8-4-11/h1-9H/b14-9+. The lowest BCUT2D eigenvalue weighted by atomic mass is 10.2. The lowest BCUT2D eigenvalue weighted by molar-refractivity contribution is 0.937. The summed E-state index contributed by atoms with van der Waals surface area (Å²) in [6.07, 6.45) is 1.81. The van der Waals surface area contributed by atoms with Crippen molar-refractivity contribution in [1.82, 2.24) is 14.6 Å². The van der Waals surface area contributed by atoms with Gasteiger partial charge in [-0.05, 0) is 48.0 Å². The highest BCUT2D eigenvalue weighted by Crippen LogP contribution is 2.19. The quantitative estimate of drug-likeness (QED) is 0.538. The fourth-order valence-electron chi connectivity index (χ4n) is 2.27. The van der Waals surface area contributed by atoms with Gasteiger partial charge in [0.25, 0.3) is 5.56 Å². The van der Waals surface area contributed by atoms with Crippen molar-refractivity contribution in [2.75, 3.05) is 0 Å². The number of halogens is 2. The molecule has 0 atom stereocenters. The van der Waals surface area contributed by atoms with Gasteiger partial charge in [0.1, 0.15) is 0 Å². The average molecular weight is 374 g/mol. The van der Waals surface area contributed by atoms with Gasteiger partial charge in [0, 0.05) is 15.6 Å². The van der Waals surface area contributed by atoms with E-state index >= 15 is 0 Å². The third kappa shape index (κ3) is 2.82. The summed E-state index contributed by atoms with van der Waals surface area (Å²) >= 11 is 13.1. The summed E-state index contributed by atoms with van der Waals surface area (Å²) < 4.78 is 1.91. The van der Waals surface area contributed by atoms with Gasteiger partial charge >= 0.3 is 0 Å². The van der Waals surface area contributed by atoms with Gasteiger partial charge in [0.05, 0.1) is 4.53 Å². The van der Waals surface area contributed by atoms with Crippen LogP contribution in [0.1, 0.15) is 5.56 Å². The Morgan fingerprint density at radius 2 is 1.58 bits per heavy atom. The minimum Gasteiger partial charge on any atom is -0.266 e. The zero-order valence-corrected chi connectivity index (χ0v) is 14.4. The number of benzene rings is 2. The molecule has 0 amide bonds. The molecule has 24 heavy (non-hydrogen) atoms. The summed E-state index contributed by atoms with van der Waals surface area (Å²) in [5.74, 6) is 0.507. The number of hydrogen-bond donors (Lipinski definition) is 0. The van der Waals surface area contributed by atoms with Gasteiger partial charge in [-0.25, -0.2) is 0 Å². The smallest absolute Gasteiger partial charge is 0.266 e. The Labute approximate surface area is 150 Å². The molecule has 4 rings (SSSR count). The fraction of sp³-hybridized carbons (Fsp3) is 0. The van der Waals surface area contributed by atoms with Crippen molar-refractivity contribution >= 4 is 45.6 Å². The molecular weight excluding hydrogens is 365 g/mol. The number of hydrogen-bond acceptors (Lipinski definition) is 4. The maximum Gasteiger partial charge on any atom is 0.291 e. The highest BCUT2D eigenvalue weighted by molar-refractivity contribution is 7.15. The molecule has 0 radical (unpaired) electrons. The first kappa shape index (κ1) is 15.3. The molecule has 4 aromatic rings. The Hall–Kier alpha value is -2.21. The molecule has 2 aromatic heterocycles. The van der Waals surface area contributed by atoms with E-state index in [0.717, 1.165) is 11.1 Å². The number of aromatic nitrogens is 3. The third-order valence-corrected chi connectivity index (χ3v) is 4.92. The third-order valence-electron chi connectivity index (χ3n) is 3.45. The van der Waals surface area contributed by atoms with Crippen molar-refractivity contribution < 1.29 is 0 Å². The lowest BCUT2D eigenvalue weighted by Gasteiger charge is -1.94. The van der Waals surface area contributed by atoms with Gasteiger partial charge in [-0.15, -0.1) is 5.10 Å². The second-order valence-electron chi connectivity index (χ2n) is 5.10. The summed E-state index contributed by atoms with van der Waals surface area (Å²) in [6.45, 7) is 0. The molecule has 0 N–H and O–H groups in total. The van der Waals surface area contributed by atoms with Crippen LogP contribution in [-0.2, 0) is 0 Å². The molecule has 2 aromatic carbocycles. The average Bonchev–Trinajstić information content (AvgIpc) is 3.11. The molecule has 0 bridgehead atoms. The van der Waals surface area contributed by atoms with Gasteiger partial charge in [-0.1, -0.05) is 46.7 Å². The molecule has 2 heterocycles. The Balaban J connectivity index is 1.79. The summed E-state index contributed by atoms with van der Waals surface area (Å²) in [4.78, 5) is 17.5. The maximum absolute atomic E-state index is 12.5. The van der Waals surface area contributed by atoms with Crippen molar-refractivity contribution in [2.24, 2.45) is 0 Å². The highest BCUT2D eigenvalue weighted by atomic mass is 35.5. The van der Waals surface area contributed by atoms with Crippen LogP contribution in [0.3, 0.4) is 0 Å². The van der Waals surface area contributed by atoms with Gasteiger partial charge < -0.3 is 0 Å². The lowest BCUT2D eigenvalue weighted by Crippen LogP contribution is -2.23. The fourth-order valence-corrected chi connectivity index (χ4v) is 3.43. The molecule has 7 heteroatoms. The maximum atomic E-state index is 12.5. The van der Waals surface area contributed by atoms with Crippen LogP contribution in [-0.4, -0.2) is 14.6 Å². The molecule has 0 unspecified atom stereocenters. The van der Waals surface area contributed by atoms with E-state index in [4.69, 9.17) is 23.2 Å². The van der Waals surface area contributed by atoms with E-state index in [1.54, 1.807) is 24.3 Å². The number of thiazole rings is 1. The molecule has 0 aliphatic carbocycles. The largest absolute Gasteiger partial charge is 0.291 e. The normalized spacial score (nSPS) is 12.2. The molecule has 4 nitrogen and oxygen atoms in total. The highest BCUT2D eigenvalue weighted by Gasteiger charge is 2.11. The van der Waals surface area contributed by atoms with Crippen LogP contribution < -0.4 is 10.1 Å². The van der Waals surface area contributed by atoms with E-state index in [0.29, 0.717) is 25.4 Å². The first-order valence-corrected chi connectivity index (χ1v) is 8.60. The van der Waals surface area contributed by atoms with E-state index in [2.05, 4.69) is 10.1 Å². The predicted molar refractivity (Wildman–Crippen MR) is 97.8 cm³/mol. The monoisotopic (exact) mass is 373 g/mol. The topological polar surface area (TPSA) is 47.3 Å². The van der Waals surface area contributed by atoms with Crippen molar-refractivity contribution in [3.05, 3.63) is 79.0 Å². The molecule has 0 fully saturated rings. The summed E-state index contributed by atoms with van der Waals surface area (Å²) in [5, 5.41) is 5.61. The first-order chi connectivity index (χ1) is 11.6. The van der Waals surface area contributed by atoms with Gasteiger partial charge in [0.15, 0.2) is 5.82 Å². The van der Waals surface area contributed by atoms with Crippen LogP contribution in [0.4, 0.5) is 0 Å². The second kappa shape index (κ2) is 6.02. The molecule has 118 valence electrons. The van der Waals surface area contributed by atoms with Crippen molar-refractivity contribution in [3.63, 3.8) is 0 Å². The molecule has 0 saturated heterocycles. The Bertz CT molecular complexity index is 1130. The van der Waals surface area contributed by atoms with E-state index in [1.165, 1.54) is 15.9 Å². The molecule has 0 aliphatic rings. The second-order valence-corrected chi connectivity index (χ2v) is 6.99. The Morgan fingerprint density at radius 3 is 2.21 bits per heavy atom. The van der Waals surface area contributed by atoms with Crippen LogP contribution in [0.15, 0.2) is 53.3 Å². The summed E-state index contributed by atoms with van der Waals surface area (Å²) in [6, 6.07) is 14.5. The van der Waals surface area contributed by atoms with Crippen LogP contribution >= 0.6 is 34.5 Å². The molecular formula is C17H9Cl2N3OS. The SMILES string of the molecule is O=c1/c(=C\c2ccc(Cl)cc2)sc2nc(-c3ccc(Cl)cc3)nn12. The number of nitrogens with zero attached hydrogens (tertiary/aromatic N) is 3. The van der Waals surface area contributed by atoms with Crippen LogP contribution in [0.25, 0.3) is 22.4 Å². The van der Waals surface area contributed by atoms with E-state index in [1.807, 2.05) is 30.3 Å². The molecule has 0 saturated carbocycles. The van der Waals surface area contributed by atoms with Gasteiger partial charge in [0.2, 0.25) is 4.96 Å². The summed E-state index contributed by atoms with van der Waals surface area (Å²) in [7, 11) is 0. The minimum atomic E-state index is -0.183. The number of fused-ring (bicyclic) bond motifs is 1. The zero-order chi connectivity index (χ0) is 16.7. The first-order valence-electron chi connectivity index (χ1n) is 7.03. The van der Waals surface area contributed by atoms with Crippen LogP contribution in [0.2, 0.25) is 10.0 Å². The van der Waals surface area contributed by atoms with Crippen molar-refractivity contribution in [1.29, 1.82) is 0 Å². The van der Waals surface area contributed by atoms with E-state index in [-0.39, 0.29) is 5.56 Å². The van der Waals surface area contributed by atoms with E-state index < -0.39 is 0 Å².